The Labute approximate surface area is 128 Å². The van der Waals surface area contributed by atoms with Gasteiger partial charge in [0.05, 0.1) is 0 Å². The molecule has 1 N–H and O–H groups in total. The molecule has 0 bridgehead atoms. The van der Waals surface area contributed by atoms with Crippen molar-refractivity contribution in [3.8, 4) is 16.9 Å². The van der Waals surface area contributed by atoms with Crippen molar-refractivity contribution < 1.29 is 5.11 Å². The van der Waals surface area contributed by atoms with Crippen LogP contribution in [0.5, 0.6) is 5.75 Å². The van der Waals surface area contributed by atoms with Crippen molar-refractivity contribution in [1.82, 2.24) is 0 Å². The van der Waals surface area contributed by atoms with E-state index in [4.69, 9.17) is 0 Å². The SMILES string of the molecule is CCCCc1ccc(-c2cc(CCCC)ccc2O)cc1. The first-order valence-electron chi connectivity index (χ1n) is 8.15. The Morgan fingerprint density at radius 2 is 1.33 bits per heavy atom. The molecule has 21 heavy (non-hydrogen) atoms. The minimum atomic E-state index is 0.372. The van der Waals surface area contributed by atoms with Crippen LogP contribution in [0.15, 0.2) is 42.5 Å². The van der Waals surface area contributed by atoms with Crippen LogP contribution in [0, 0.1) is 0 Å². The lowest BCUT2D eigenvalue weighted by Gasteiger charge is -2.09. The van der Waals surface area contributed by atoms with E-state index in [1.807, 2.05) is 12.1 Å². The number of aryl methyl sites for hydroxylation is 2. The van der Waals surface area contributed by atoms with Crippen LogP contribution in [0.3, 0.4) is 0 Å². The number of rotatable bonds is 7. The van der Waals surface area contributed by atoms with Gasteiger partial charge >= 0.3 is 0 Å². The van der Waals surface area contributed by atoms with Gasteiger partial charge in [0.15, 0.2) is 0 Å². The summed E-state index contributed by atoms with van der Waals surface area (Å²) >= 11 is 0. The highest BCUT2D eigenvalue weighted by molar-refractivity contribution is 5.71. The molecule has 2 rings (SSSR count). The van der Waals surface area contributed by atoms with E-state index < -0.39 is 0 Å². The zero-order chi connectivity index (χ0) is 15.1. The van der Waals surface area contributed by atoms with Gasteiger partial charge in [-0.15, -0.1) is 0 Å². The van der Waals surface area contributed by atoms with Gasteiger partial charge in [0, 0.05) is 5.56 Å². The molecule has 0 fully saturated rings. The summed E-state index contributed by atoms with van der Waals surface area (Å²) in [5.41, 5.74) is 4.73. The van der Waals surface area contributed by atoms with Crippen molar-refractivity contribution in [3.05, 3.63) is 53.6 Å². The molecule has 0 unspecified atom stereocenters. The molecule has 0 radical (unpaired) electrons. The van der Waals surface area contributed by atoms with E-state index in [2.05, 4.69) is 44.2 Å². The van der Waals surface area contributed by atoms with E-state index in [1.54, 1.807) is 0 Å². The van der Waals surface area contributed by atoms with Crippen LogP contribution in [0.4, 0.5) is 0 Å². The number of phenolic OH excluding ortho intramolecular Hbond substituents is 1. The molecule has 2 aromatic carbocycles. The molecule has 0 saturated heterocycles. The van der Waals surface area contributed by atoms with Crippen molar-refractivity contribution in [3.63, 3.8) is 0 Å². The molecule has 2 aromatic rings. The van der Waals surface area contributed by atoms with Gasteiger partial charge in [-0.2, -0.15) is 0 Å². The van der Waals surface area contributed by atoms with E-state index in [0.29, 0.717) is 5.75 Å². The van der Waals surface area contributed by atoms with Crippen molar-refractivity contribution in [1.29, 1.82) is 0 Å². The average molecular weight is 282 g/mol. The average Bonchev–Trinajstić information content (AvgIpc) is 2.53. The quantitative estimate of drug-likeness (QED) is 0.686. The summed E-state index contributed by atoms with van der Waals surface area (Å²) in [7, 11) is 0. The Morgan fingerprint density at radius 1 is 0.762 bits per heavy atom. The minimum absolute atomic E-state index is 0.372. The molecule has 0 atom stereocenters. The molecule has 0 aliphatic rings. The summed E-state index contributed by atoms with van der Waals surface area (Å²) in [6.07, 6.45) is 7.07. The minimum Gasteiger partial charge on any atom is -0.507 e. The number of aromatic hydroxyl groups is 1. The largest absolute Gasteiger partial charge is 0.507 e. The lowest BCUT2D eigenvalue weighted by atomic mass is 9.98. The standard InChI is InChI=1S/C20H26O/c1-3-5-7-16-9-12-18(13-10-16)19-15-17(8-6-4-2)11-14-20(19)21/h9-15,21H,3-8H2,1-2H3. The van der Waals surface area contributed by atoms with Gasteiger partial charge in [0.2, 0.25) is 0 Å². The van der Waals surface area contributed by atoms with Gasteiger partial charge in [-0.25, -0.2) is 0 Å². The smallest absolute Gasteiger partial charge is 0.123 e. The summed E-state index contributed by atoms with van der Waals surface area (Å²) in [5, 5.41) is 10.1. The normalized spacial score (nSPS) is 10.8. The van der Waals surface area contributed by atoms with Crippen LogP contribution >= 0.6 is 0 Å². The summed E-state index contributed by atoms with van der Waals surface area (Å²) in [6.45, 7) is 4.42. The second-order valence-corrected chi connectivity index (χ2v) is 5.76. The highest BCUT2D eigenvalue weighted by Crippen LogP contribution is 2.30. The third-order valence-electron chi connectivity index (χ3n) is 3.96. The van der Waals surface area contributed by atoms with Gasteiger partial charge in [-0.1, -0.05) is 57.0 Å². The van der Waals surface area contributed by atoms with Crippen molar-refractivity contribution in [2.24, 2.45) is 0 Å². The first-order chi connectivity index (χ1) is 10.2. The molecular formula is C20H26O. The van der Waals surface area contributed by atoms with E-state index in [-0.39, 0.29) is 0 Å². The molecule has 1 heteroatoms. The molecule has 1 nitrogen and oxygen atoms in total. The van der Waals surface area contributed by atoms with E-state index in [0.717, 1.165) is 24.0 Å². The molecule has 0 aromatic heterocycles. The molecule has 0 spiro atoms. The monoisotopic (exact) mass is 282 g/mol. The Morgan fingerprint density at radius 3 is 1.95 bits per heavy atom. The fourth-order valence-electron chi connectivity index (χ4n) is 2.58. The number of hydrogen-bond acceptors (Lipinski definition) is 1. The number of hydrogen-bond donors (Lipinski definition) is 1. The Hall–Kier alpha value is -1.76. The van der Waals surface area contributed by atoms with Gasteiger partial charge in [-0.05, 0) is 54.5 Å². The van der Waals surface area contributed by atoms with Gasteiger partial charge < -0.3 is 5.11 Å². The molecular weight excluding hydrogens is 256 g/mol. The van der Waals surface area contributed by atoms with Crippen LogP contribution in [0.2, 0.25) is 0 Å². The zero-order valence-electron chi connectivity index (χ0n) is 13.2. The lowest BCUT2D eigenvalue weighted by Crippen LogP contribution is -1.88. The summed E-state index contributed by atoms with van der Waals surface area (Å²) in [4.78, 5) is 0. The molecule has 112 valence electrons. The summed E-state index contributed by atoms with van der Waals surface area (Å²) in [5.74, 6) is 0.372. The molecule has 0 heterocycles. The van der Waals surface area contributed by atoms with Gasteiger partial charge in [-0.3, -0.25) is 0 Å². The van der Waals surface area contributed by atoms with Crippen LogP contribution in [-0.2, 0) is 12.8 Å². The maximum absolute atomic E-state index is 10.1. The summed E-state index contributed by atoms with van der Waals surface area (Å²) in [6, 6.07) is 14.6. The number of unbranched alkanes of at least 4 members (excludes halogenated alkanes) is 2. The predicted molar refractivity (Wildman–Crippen MR) is 90.8 cm³/mol. The molecule has 0 amide bonds. The number of benzene rings is 2. The Bertz CT molecular complexity index is 555. The second kappa shape index (κ2) is 7.87. The van der Waals surface area contributed by atoms with E-state index in [1.165, 1.54) is 36.8 Å². The fraction of sp³-hybridized carbons (Fsp3) is 0.400. The van der Waals surface area contributed by atoms with E-state index >= 15 is 0 Å². The maximum atomic E-state index is 10.1. The van der Waals surface area contributed by atoms with Crippen LogP contribution in [0.25, 0.3) is 11.1 Å². The fourth-order valence-corrected chi connectivity index (χ4v) is 2.58. The van der Waals surface area contributed by atoms with Crippen LogP contribution in [-0.4, -0.2) is 5.11 Å². The van der Waals surface area contributed by atoms with E-state index in [9.17, 15) is 5.11 Å². The highest BCUT2D eigenvalue weighted by atomic mass is 16.3. The lowest BCUT2D eigenvalue weighted by molar-refractivity contribution is 0.477. The highest BCUT2D eigenvalue weighted by Gasteiger charge is 2.06. The third kappa shape index (κ3) is 4.35. The topological polar surface area (TPSA) is 20.2 Å². The molecule has 0 aliphatic carbocycles. The first-order valence-corrected chi connectivity index (χ1v) is 8.15. The Balaban J connectivity index is 2.19. The first kappa shape index (κ1) is 15.6. The predicted octanol–water partition coefficient (Wildman–Crippen LogP) is 5.74. The van der Waals surface area contributed by atoms with Crippen LogP contribution < -0.4 is 0 Å². The number of phenols is 1. The van der Waals surface area contributed by atoms with Gasteiger partial charge in [0.1, 0.15) is 5.75 Å². The third-order valence-corrected chi connectivity index (χ3v) is 3.96. The second-order valence-electron chi connectivity index (χ2n) is 5.76. The zero-order valence-corrected chi connectivity index (χ0v) is 13.2. The van der Waals surface area contributed by atoms with Crippen molar-refractivity contribution in [2.45, 2.75) is 52.4 Å². The van der Waals surface area contributed by atoms with Gasteiger partial charge in [0.25, 0.3) is 0 Å². The van der Waals surface area contributed by atoms with Crippen LogP contribution in [0.1, 0.15) is 50.7 Å². The van der Waals surface area contributed by atoms with Crippen molar-refractivity contribution in [2.75, 3.05) is 0 Å². The molecule has 0 saturated carbocycles. The maximum Gasteiger partial charge on any atom is 0.123 e. The Kier molecular flexibility index (Phi) is 5.86. The molecule has 0 aliphatic heterocycles. The summed E-state index contributed by atoms with van der Waals surface area (Å²) < 4.78 is 0. The van der Waals surface area contributed by atoms with Crippen molar-refractivity contribution >= 4 is 0 Å².